The number of hydrogen-bond donors (Lipinski definition) is 1. The highest BCUT2D eigenvalue weighted by molar-refractivity contribution is 7.18. The number of rotatable bonds is 6. The molecule has 0 aliphatic heterocycles. The van der Waals surface area contributed by atoms with Crippen LogP contribution < -0.4 is 14.8 Å². The molecule has 0 saturated heterocycles. The molecule has 29 heavy (non-hydrogen) atoms. The summed E-state index contributed by atoms with van der Waals surface area (Å²) in [5.74, 6) is 1.13. The van der Waals surface area contributed by atoms with Gasteiger partial charge in [-0.05, 0) is 54.1 Å². The number of carbonyl (C=O) groups is 1. The van der Waals surface area contributed by atoms with E-state index in [0.717, 1.165) is 22.1 Å². The molecule has 1 aromatic heterocycles. The number of nitrogens with one attached hydrogen (secondary N) is 1. The molecule has 0 bridgehead atoms. The Bertz CT molecular complexity index is 1140. The predicted octanol–water partition coefficient (Wildman–Crippen LogP) is 4.77. The zero-order chi connectivity index (χ0) is 20.2. The van der Waals surface area contributed by atoms with Crippen LogP contribution in [0.5, 0.6) is 11.5 Å². The van der Waals surface area contributed by atoms with E-state index in [2.05, 4.69) is 15.5 Å². The van der Waals surface area contributed by atoms with E-state index >= 15 is 0 Å². The molecular formula is C22H19N3O3S. The lowest BCUT2D eigenvalue weighted by atomic mass is 10.1. The molecule has 3 aromatic carbocycles. The zero-order valence-corrected chi connectivity index (χ0v) is 16.8. The Hall–Kier alpha value is -3.45. The van der Waals surface area contributed by atoms with Crippen molar-refractivity contribution in [2.24, 2.45) is 0 Å². The van der Waals surface area contributed by atoms with Crippen LogP contribution in [0.3, 0.4) is 0 Å². The van der Waals surface area contributed by atoms with Crippen molar-refractivity contribution in [3.05, 3.63) is 66.7 Å². The normalized spacial score (nSPS) is 11.8. The zero-order valence-electron chi connectivity index (χ0n) is 16.0. The van der Waals surface area contributed by atoms with Crippen LogP contribution in [0, 0.1) is 0 Å². The molecule has 6 nitrogen and oxygen atoms in total. The van der Waals surface area contributed by atoms with Gasteiger partial charge in [-0.2, -0.15) is 0 Å². The summed E-state index contributed by atoms with van der Waals surface area (Å²) in [6, 6.07) is 21.3. The molecule has 0 spiro atoms. The minimum Gasteiger partial charge on any atom is -0.497 e. The van der Waals surface area contributed by atoms with Gasteiger partial charge >= 0.3 is 0 Å². The van der Waals surface area contributed by atoms with E-state index in [4.69, 9.17) is 9.47 Å². The lowest BCUT2D eigenvalue weighted by molar-refractivity contribution is -0.122. The Morgan fingerprint density at radius 2 is 1.69 bits per heavy atom. The van der Waals surface area contributed by atoms with Gasteiger partial charge in [0.1, 0.15) is 16.5 Å². The first-order valence-electron chi connectivity index (χ1n) is 9.06. The van der Waals surface area contributed by atoms with Crippen LogP contribution in [-0.2, 0) is 4.79 Å². The van der Waals surface area contributed by atoms with Crippen molar-refractivity contribution in [3.63, 3.8) is 0 Å². The van der Waals surface area contributed by atoms with Gasteiger partial charge in [0.15, 0.2) is 6.10 Å². The number of hydrogen-bond acceptors (Lipinski definition) is 6. The molecule has 146 valence electrons. The highest BCUT2D eigenvalue weighted by Crippen LogP contribution is 2.28. The van der Waals surface area contributed by atoms with Crippen LogP contribution in [0.2, 0.25) is 0 Å². The van der Waals surface area contributed by atoms with Gasteiger partial charge in [-0.25, -0.2) is 0 Å². The van der Waals surface area contributed by atoms with Crippen LogP contribution >= 0.6 is 11.3 Å². The molecular weight excluding hydrogens is 386 g/mol. The van der Waals surface area contributed by atoms with Crippen molar-refractivity contribution < 1.29 is 14.3 Å². The van der Waals surface area contributed by atoms with Gasteiger partial charge in [0.05, 0.1) is 7.11 Å². The van der Waals surface area contributed by atoms with Crippen molar-refractivity contribution >= 4 is 33.1 Å². The maximum Gasteiger partial charge on any atom is 0.266 e. The second-order valence-electron chi connectivity index (χ2n) is 6.40. The number of ether oxygens (including phenoxy) is 2. The van der Waals surface area contributed by atoms with E-state index in [1.165, 1.54) is 11.3 Å². The molecule has 7 heteroatoms. The van der Waals surface area contributed by atoms with Gasteiger partial charge in [0, 0.05) is 5.56 Å². The van der Waals surface area contributed by atoms with Gasteiger partial charge in [0.2, 0.25) is 5.13 Å². The van der Waals surface area contributed by atoms with Crippen molar-refractivity contribution in [2.45, 2.75) is 13.0 Å². The number of fused-ring (bicyclic) bond motifs is 1. The molecule has 1 N–H and O–H groups in total. The fourth-order valence-electron chi connectivity index (χ4n) is 2.83. The van der Waals surface area contributed by atoms with Gasteiger partial charge in [-0.15, -0.1) is 10.2 Å². The van der Waals surface area contributed by atoms with E-state index in [0.29, 0.717) is 15.9 Å². The number of benzene rings is 3. The maximum absolute atomic E-state index is 12.5. The van der Waals surface area contributed by atoms with Gasteiger partial charge in [0.25, 0.3) is 5.91 Å². The average molecular weight is 405 g/mol. The van der Waals surface area contributed by atoms with Crippen LogP contribution in [0.15, 0.2) is 66.7 Å². The summed E-state index contributed by atoms with van der Waals surface area (Å²) in [6.07, 6.45) is -0.676. The number of carbonyl (C=O) groups excluding carboxylic acids is 1. The molecule has 0 unspecified atom stereocenters. The largest absolute Gasteiger partial charge is 0.497 e. The Morgan fingerprint density at radius 3 is 2.45 bits per heavy atom. The lowest BCUT2D eigenvalue weighted by Gasteiger charge is -2.14. The van der Waals surface area contributed by atoms with Gasteiger partial charge in [-0.1, -0.05) is 41.7 Å². The van der Waals surface area contributed by atoms with E-state index in [1.807, 2.05) is 66.7 Å². The topological polar surface area (TPSA) is 73.3 Å². The summed E-state index contributed by atoms with van der Waals surface area (Å²) >= 11 is 1.30. The summed E-state index contributed by atoms with van der Waals surface area (Å²) in [7, 11) is 1.62. The quantitative estimate of drug-likeness (QED) is 0.500. The highest BCUT2D eigenvalue weighted by Gasteiger charge is 2.17. The Labute approximate surface area is 172 Å². The fourth-order valence-corrected chi connectivity index (χ4v) is 3.58. The van der Waals surface area contributed by atoms with E-state index in [-0.39, 0.29) is 5.91 Å². The smallest absolute Gasteiger partial charge is 0.266 e. The molecule has 0 radical (unpaired) electrons. The SMILES string of the molecule is COc1ccc(-c2nnc(NC(=O)[C@@H](C)Oc3ccc4ccccc4c3)s2)cc1. The summed E-state index contributed by atoms with van der Waals surface area (Å²) in [6.45, 7) is 1.70. The van der Waals surface area contributed by atoms with E-state index in [1.54, 1.807) is 14.0 Å². The lowest BCUT2D eigenvalue weighted by Crippen LogP contribution is -2.30. The Morgan fingerprint density at radius 1 is 0.966 bits per heavy atom. The molecule has 0 saturated carbocycles. The van der Waals surface area contributed by atoms with Gasteiger partial charge in [-0.3, -0.25) is 10.1 Å². The molecule has 0 aliphatic rings. The monoisotopic (exact) mass is 405 g/mol. The Balaban J connectivity index is 1.41. The van der Waals surface area contributed by atoms with E-state index < -0.39 is 6.10 Å². The number of amides is 1. The van der Waals surface area contributed by atoms with Crippen molar-refractivity contribution in [2.75, 3.05) is 12.4 Å². The molecule has 1 amide bonds. The summed E-state index contributed by atoms with van der Waals surface area (Å²) in [5, 5.41) is 14.3. The van der Waals surface area contributed by atoms with Crippen LogP contribution in [-0.4, -0.2) is 29.3 Å². The average Bonchev–Trinajstić information content (AvgIpc) is 3.22. The van der Waals surface area contributed by atoms with Crippen LogP contribution in [0.25, 0.3) is 21.3 Å². The van der Waals surface area contributed by atoms with Crippen LogP contribution in [0.4, 0.5) is 5.13 Å². The molecule has 4 rings (SSSR count). The molecule has 1 atom stereocenters. The summed E-state index contributed by atoms with van der Waals surface area (Å²) in [5.41, 5.74) is 0.907. The molecule has 0 aliphatic carbocycles. The summed E-state index contributed by atoms with van der Waals surface area (Å²) in [4.78, 5) is 12.5. The molecule has 1 heterocycles. The number of nitrogens with zero attached hydrogens (tertiary/aromatic N) is 2. The van der Waals surface area contributed by atoms with E-state index in [9.17, 15) is 4.79 Å². The first kappa shape index (κ1) is 18.9. The third-order valence-corrected chi connectivity index (χ3v) is 5.28. The van der Waals surface area contributed by atoms with Crippen molar-refractivity contribution in [3.8, 4) is 22.1 Å². The van der Waals surface area contributed by atoms with Crippen LogP contribution in [0.1, 0.15) is 6.92 Å². The summed E-state index contributed by atoms with van der Waals surface area (Å²) < 4.78 is 11.0. The van der Waals surface area contributed by atoms with Crippen molar-refractivity contribution in [1.29, 1.82) is 0 Å². The third-order valence-electron chi connectivity index (χ3n) is 4.40. The Kier molecular flexibility index (Phi) is 5.39. The number of methoxy groups -OCH3 is 1. The number of anilines is 1. The van der Waals surface area contributed by atoms with Crippen molar-refractivity contribution in [1.82, 2.24) is 10.2 Å². The first-order chi connectivity index (χ1) is 14.1. The first-order valence-corrected chi connectivity index (χ1v) is 9.88. The standard InChI is InChI=1S/C22H19N3O3S/c1-14(28-19-12-7-15-5-3-4-6-17(15)13-19)20(26)23-22-25-24-21(29-22)16-8-10-18(27-2)11-9-16/h3-14H,1-2H3,(H,23,25,26)/t14-/m1/s1. The number of aromatic nitrogens is 2. The molecule has 4 aromatic rings. The predicted molar refractivity (Wildman–Crippen MR) is 115 cm³/mol. The second kappa shape index (κ2) is 8.28. The second-order valence-corrected chi connectivity index (χ2v) is 7.38. The molecule has 0 fully saturated rings. The minimum atomic E-state index is -0.676. The maximum atomic E-state index is 12.5. The third kappa shape index (κ3) is 4.35. The fraction of sp³-hybridized carbons (Fsp3) is 0.136. The highest BCUT2D eigenvalue weighted by atomic mass is 32.1. The van der Waals surface area contributed by atoms with Gasteiger partial charge < -0.3 is 9.47 Å². The minimum absolute atomic E-state index is 0.282.